The van der Waals surface area contributed by atoms with Crippen molar-refractivity contribution in [2.24, 2.45) is 0 Å². The minimum atomic E-state index is -4.41. The zero-order valence-corrected chi connectivity index (χ0v) is 58.3. The Kier molecular flexibility index (Phi) is 64.6. The quantitative estimate of drug-likeness (QED) is 0.0211. The van der Waals surface area contributed by atoms with Crippen LogP contribution >= 0.6 is 7.82 Å². The number of esters is 2. The topological polar surface area (TPSA) is 108 Å². The van der Waals surface area contributed by atoms with Gasteiger partial charge in [-0.25, -0.2) is 4.57 Å². The molecule has 0 amide bonds. The smallest absolute Gasteiger partial charge is 0.462 e. The molecule has 0 aromatic rings. The van der Waals surface area contributed by atoms with Crippen LogP contribution in [0.25, 0.3) is 0 Å². The van der Waals surface area contributed by atoms with Crippen molar-refractivity contribution >= 4 is 19.8 Å². The number of phosphoric acid groups is 1. The van der Waals surface area contributed by atoms with Crippen molar-refractivity contribution in [2.75, 3.05) is 47.5 Å². The number of allylic oxidation sites excluding steroid dienone is 22. The van der Waals surface area contributed by atoms with E-state index in [1.165, 1.54) is 167 Å². The van der Waals surface area contributed by atoms with E-state index >= 15 is 0 Å². The third kappa shape index (κ3) is 71.2. The van der Waals surface area contributed by atoms with E-state index in [9.17, 15) is 19.0 Å². The monoisotopic (exact) mass is 1240 g/mol. The fourth-order valence-corrected chi connectivity index (χ4v) is 10.4. The van der Waals surface area contributed by atoms with Crippen LogP contribution in [0.1, 0.15) is 296 Å². The molecule has 0 aliphatic heterocycles. The molecular weight excluding hydrogens is 1110 g/mol. The number of hydrogen-bond acceptors (Lipinski definition) is 7. The number of quaternary nitrogens is 1. The van der Waals surface area contributed by atoms with Gasteiger partial charge in [0.05, 0.1) is 27.7 Å². The molecule has 1 N–H and O–H groups in total. The van der Waals surface area contributed by atoms with Gasteiger partial charge in [-0.1, -0.05) is 302 Å². The first-order chi connectivity index (χ1) is 43.0. The Morgan fingerprint density at radius 2 is 0.648 bits per heavy atom. The summed E-state index contributed by atoms with van der Waals surface area (Å²) in [4.78, 5) is 35.9. The van der Waals surface area contributed by atoms with Gasteiger partial charge in [0.25, 0.3) is 0 Å². The molecule has 0 spiro atoms. The lowest BCUT2D eigenvalue weighted by Gasteiger charge is -2.24. The van der Waals surface area contributed by atoms with Crippen molar-refractivity contribution in [3.8, 4) is 0 Å². The predicted molar refractivity (Wildman–Crippen MR) is 381 cm³/mol. The number of carbonyl (C=O) groups is 2. The summed E-state index contributed by atoms with van der Waals surface area (Å²) in [6.45, 7) is 4.27. The summed E-state index contributed by atoms with van der Waals surface area (Å²) in [7, 11) is 1.44. The summed E-state index contributed by atoms with van der Waals surface area (Å²) in [5.41, 5.74) is 0. The fraction of sp³-hybridized carbons (Fsp3) is 0.692. The van der Waals surface area contributed by atoms with Gasteiger partial charge in [-0.05, 0) is 116 Å². The molecule has 0 fully saturated rings. The van der Waals surface area contributed by atoms with Crippen molar-refractivity contribution < 1.29 is 42.1 Å². The zero-order valence-electron chi connectivity index (χ0n) is 57.4. The molecule has 0 aliphatic carbocycles. The van der Waals surface area contributed by atoms with Crippen molar-refractivity contribution in [2.45, 2.75) is 302 Å². The maximum Gasteiger partial charge on any atom is 0.472 e. The highest BCUT2D eigenvalue weighted by Crippen LogP contribution is 2.43. The van der Waals surface area contributed by atoms with E-state index in [1.54, 1.807) is 0 Å². The molecule has 0 saturated carbocycles. The van der Waals surface area contributed by atoms with Gasteiger partial charge >= 0.3 is 19.8 Å². The molecule has 0 radical (unpaired) electrons. The van der Waals surface area contributed by atoms with Crippen LogP contribution in [0.15, 0.2) is 134 Å². The van der Waals surface area contributed by atoms with Gasteiger partial charge < -0.3 is 18.9 Å². The summed E-state index contributed by atoms with van der Waals surface area (Å²) in [5, 5.41) is 0. The molecule has 10 heteroatoms. The van der Waals surface area contributed by atoms with E-state index < -0.39 is 26.5 Å². The van der Waals surface area contributed by atoms with Crippen LogP contribution in [0.4, 0.5) is 0 Å². The Hall–Kier alpha value is -3.85. The molecule has 2 atom stereocenters. The maximum atomic E-state index is 12.9. The van der Waals surface area contributed by atoms with E-state index in [-0.39, 0.29) is 32.0 Å². The second-order valence-electron chi connectivity index (χ2n) is 24.9. The molecular formula is C78H135NO8P+. The van der Waals surface area contributed by atoms with Crippen molar-refractivity contribution in [3.63, 3.8) is 0 Å². The average Bonchev–Trinajstić information content (AvgIpc) is 3.60. The largest absolute Gasteiger partial charge is 0.472 e. The SMILES string of the molecule is CC/C=C\C/C=C\C/C=C\C/C=C\C/C=C\C/C=C\C/C=C\C/C=C\CCCCC(=O)OC(COC(=O)CCCCCCCCCCCCCCCCCCCCCCCC/C=C\C/C=C\C/C=C\CCCCCCC)COP(=O)(O)OCC[N+](C)(C)C. The van der Waals surface area contributed by atoms with E-state index in [0.29, 0.717) is 17.4 Å². The van der Waals surface area contributed by atoms with Crippen molar-refractivity contribution in [1.29, 1.82) is 0 Å². The van der Waals surface area contributed by atoms with Gasteiger partial charge in [0.1, 0.15) is 19.8 Å². The highest BCUT2D eigenvalue weighted by molar-refractivity contribution is 7.47. The third-order valence-electron chi connectivity index (χ3n) is 15.2. The van der Waals surface area contributed by atoms with Gasteiger partial charge in [0, 0.05) is 12.8 Å². The number of likely N-dealkylation sites (N-methyl/N-ethyl adjacent to an activating group) is 1. The Bertz CT molecular complexity index is 1950. The van der Waals surface area contributed by atoms with E-state index in [1.807, 2.05) is 21.1 Å². The highest BCUT2D eigenvalue weighted by atomic mass is 31.2. The molecule has 0 aromatic heterocycles. The van der Waals surface area contributed by atoms with E-state index in [2.05, 4.69) is 148 Å². The standard InChI is InChI=1S/C78H134NO8P/c1-6-8-10-12-14-16-18-20-22-24-26-28-30-32-34-35-36-37-38-39-40-41-42-43-45-46-48-50-52-54-56-58-60-62-64-66-68-70-77(80)84-74-76(75-86-88(82,83)85-73-72-79(3,4)5)87-78(81)71-69-67-65-63-61-59-57-55-53-51-49-47-44-33-31-29-27-25-23-21-19-17-15-13-11-9-7-2/h9,11,15,17-18,20-21,23-24,26-27,29-30,32-33,44,49,51,55,57,61,63,76H,6-8,10,12-14,16,19,22,25,28,31,34-43,45-48,50,52-54,56,58-60,62,64-75H2,1-5H3/p+1/b11-9-,17-15-,20-18-,23-21-,26-24-,29-27-,32-30-,44-33-,51-49-,57-55-,63-61-. The Morgan fingerprint density at radius 1 is 0.364 bits per heavy atom. The molecule has 0 saturated heterocycles. The van der Waals surface area contributed by atoms with E-state index in [0.717, 1.165) is 96.3 Å². The molecule has 88 heavy (non-hydrogen) atoms. The lowest BCUT2D eigenvalue weighted by molar-refractivity contribution is -0.870. The number of phosphoric ester groups is 1. The number of rotatable bonds is 65. The van der Waals surface area contributed by atoms with Crippen LogP contribution in [0.2, 0.25) is 0 Å². The third-order valence-corrected chi connectivity index (χ3v) is 16.1. The van der Waals surface area contributed by atoms with Gasteiger partial charge in [0.2, 0.25) is 0 Å². The van der Waals surface area contributed by atoms with Gasteiger partial charge in [-0.2, -0.15) is 0 Å². The predicted octanol–water partition coefficient (Wildman–Crippen LogP) is 23.6. The molecule has 0 aliphatic rings. The van der Waals surface area contributed by atoms with Gasteiger partial charge in [-0.15, -0.1) is 0 Å². The summed E-state index contributed by atoms with van der Waals surface area (Å²) < 4.78 is 34.7. The summed E-state index contributed by atoms with van der Waals surface area (Å²) >= 11 is 0. The lowest BCUT2D eigenvalue weighted by atomic mass is 10.0. The van der Waals surface area contributed by atoms with Crippen LogP contribution in [0, 0.1) is 0 Å². The van der Waals surface area contributed by atoms with Crippen LogP contribution < -0.4 is 0 Å². The van der Waals surface area contributed by atoms with Gasteiger partial charge in [0.15, 0.2) is 6.10 Å². The summed E-state index contributed by atoms with van der Waals surface area (Å²) in [5.74, 6) is -0.848. The minimum Gasteiger partial charge on any atom is -0.462 e. The van der Waals surface area contributed by atoms with Crippen LogP contribution in [-0.4, -0.2) is 74.9 Å². The lowest BCUT2D eigenvalue weighted by Crippen LogP contribution is -2.37. The van der Waals surface area contributed by atoms with Crippen molar-refractivity contribution in [1.82, 2.24) is 0 Å². The van der Waals surface area contributed by atoms with Crippen LogP contribution in [0.5, 0.6) is 0 Å². The maximum absolute atomic E-state index is 12.9. The number of hydrogen-bond donors (Lipinski definition) is 1. The Labute approximate surface area is 542 Å². The second kappa shape index (κ2) is 67.5. The highest BCUT2D eigenvalue weighted by Gasteiger charge is 2.27. The van der Waals surface area contributed by atoms with Gasteiger partial charge in [-0.3, -0.25) is 18.6 Å². The molecule has 2 unspecified atom stereocenters. The molecule has 0 rings (SSSR count). The fourth-order valence-electron chi connectivity index (χ4n) is 9.69. The molecule has 0 aromatic carbocycles. The van der Waals surface area contributed by atoms with Crippen LogP contribution in [-0.2, 0) is 32.7 Å². The average molecular weight is 1250 g/mol. The Balaban J connectivity index is 4.07. The zero-order chi connectivity index (χ0) is 64.1. The number of nitrogens with zero attached hydrogens (tertiary/aromatic N) is 1. The van der Waals surface area contributed by atoms with E-state index in [4.69, 9.17) is 18.5 Å². The summed E-state index contributed by atoms with van der Waals surface area (Å²) in [6.07, 6.45) is 98.6. The molecule has 0 bridgehead atoms. The number of ether oxygens (including phenoxy) is 2. The number of unbranched alkanes of at least 4 members (excludes halogenated alkanes) is 29. The number of carbonyl (C=O) groups excluding carboxylic acids is 2. The first-order valence-electron chi connectivity index (χ1n) is 35.9. The summed E-state index contributed by atoms with van der Waals surface area (Å²) in [6, 6.07) is 0. The molecule has 0 heterocycles. The second-order valence-corrected chi connectivity index (χ2v) is 26.3. The Morgan fingerprint density at radius 3 is 0.989 bits per heavy atom. The minimum absolute atomic E-state index is 0.0172. The first-order valence-corrected chi connectivity index (χ1v) is 37.4. The first kappa shape index (κ1) is 84.2. The van der Waals surface area contributed by atoms with Crippen molar-refractivity contribution in [3.05, 3.63) is 134 Å². The normalized spacial score (nSPS) is 13.9. The molecule has 504 valence electrons. The van der Waals surface area contributed by atoms with Crippen LogP contribution in [0.3, 0.4) is 0 Å². The molecule has 9 nitrogen and oxygen atoms in total.